The summed E-state index contributed by atoms with van der Waals surface area (Å²) in [5, 5.41) is 0.637. The van der Waals surface area contributed by atoms with Gasteiger partial charge in [-0.05, 0) is 48.9 Å². The van der Waals surface area contributed by atoms with Crippen molar-refractivity contribution in [2.24, 2.45) is 0 Å². The SMILES string of the molecule is C=C(C)CN1C(=O)/C(=C\c2ccc(Cl)cc2)Oc2ccc(N)cc21. The molecule has 0 radical (unpaired) electrons. The third-order valence-electron chi connectivity index (χ3n) is 3.55. The highest BCUT2D eigenvalue weighted by Crippen LogP contribution is 2.37. The Hall–Kier alpha value is -2.72. The zero-order valence-corrected chi connectivity index (χ0v) is 14.0. The van der Waals surface area contributed by atoms with Gasteiger partial charge in [0.05, 0.1) is 5.69 Å². The molecule has 0 fully saturated rings. The molecule has 0 saturated carbocycles. The number of anilines is 2. The van der Waals surface area contributed by atoms with Crippen LogP contribution in [0.1, 0.15) is 12.5 Å². The molecule has 0 unspecified atom stereocenters. The van der Waals surface area contributed by atoms with Crippen LogP contribution in [0, 0.1) is 0 Å². The first kappa shape index (κ1) is 16.1. The molecule has 1 heterocycles. The van der Waals surface area contributed by atoms with Crippen LogP contribution >= 0.6 is 11.6 Å². The van der Waals surface area contributed by atoms with Crippen molar-refractivity contribution in [3.8, 4) is 5.75 Å². The fraction of sp³-hybridized carbons (Fsp3) is 0.105. The van der Waals surface area contributed by atoms with E-state index in [1.165, 1.54) is 0 Å². The van der Waals surface area contributed by atoms with Crippen LogP contribution in [0.2, 0.25) is 5.02 Å². The number of hydrogen-bond acceptors (Lipinski definition) is 3. The fourth-order valence-electron chi connectivity index (χ4n) is 2.46. The van der Waals surface area contributed by atoms with Gasteiger partial charge in [-0.25, -0.2) is 0 Å². The van der Waals surface area contributed by atoms with E-state index < -0.39 is 0 Å². The van der Waals surface area contributed by atoms with Crippen molar-refractivity contribution in [2.75, 3.05) is 17.2 Å². The third kappa shape index (κ3) is 3.29. The van der Waals surface area contributed by atoms with E-state index in [1.807, 2.05) is 19.1 Å². The molecule has 0 aliphatic carbocycles. The number of benzene rings is 2. The normalized spacial score (nSPS) is 15.2. The predicted molar refractivity (Wildman–Crippen MR) is 98.1 cm³/mol. The van der Waals surface area contributed by atoms with Gasteiger partial charge in [0.15, 0.2) is 11.5 Å². The summed E-state index contributed by atoms with van der Waals surface area (Å²) >= 11 is 5.90. The van der Waals surface area contributed by atoms with Crippen molar-refractivity contribution in [3.05, 3.63) is 71.0 Å². The maximum atomic E-state index is 12.8. The second-order valence-corrected chi connectivity index (χ2v) is 6.17. The Kier molecular flexibility index (Phi) is 4.32. The van der Waals surface area contributed by atoms with Crippen LogP contribution in [0.4, 0.5) is 11.4 Å². The van der Waals surface area contributed by atoms with Gasteiger partial charge in [0.1, 0.15) is 0 Å². The minimum Gasteiger partial charge on any atom is -0.449 e. The smallest absolute Gasteiger partial charge is 0.294 e. The van der Waals surface area contributed by atoms with Crippen LogP contribution in [0.3, 0.4) is 0 Å². The van der Waals surface area contributed by atoms with Crippen molar-refractivity contribution < 1.29 is 9.53 Å². The van der Waals surface area contributed by atoms with Crippen molar-refractivity contribution in [1.82, 2.24) is 0 Å². The first-order valence-corrected chi connectivity index (χ1v) is 7.83. The van der Waals surface area contributed by atoms with Crippen molar-refractivity contribution >= 4 is 35.0 Å². The van der Waals surface area contributed by atoms with Gasteiger partial charge in [0.2, 0.25) is 0 Å². The Morgan fingerprint density at radius 1 is 1.29 bits per heavy atom. The van der Waals surface area contributed by atoms with Crippen LogP contribution in [0.5, 0.6) is 5.75 Å². The second kappa shape index (κ2) is 6.42. The van der Waals surface area contributed by atoms with Crippen LogP contribution in [0.25, 0.3) is 6.08 Å². The van der Waals surface area contributed by atoms with Gasteiger partial charge in [-0.15, -0.1) is 0 Å². The molecule has 5 heteroatoms. The molecule has 2 N–H and O–H groups in total. The van der Waals surface area contributed by atoms with Crippen molar-refractivity contribution in [1.29, 1.82) is 0 Å². The zero-order chi connectivity index (χ0) is 17.3. The largest absolute Gasteiger partial charge is 0.449 e. The second-order valence-electron chi connectivity index (χ2n) is 5.74. The maximum absolute atomic E-state index is 12.8. The monoisotopic (exact) mass is 340 g/mol. The Morgan fingerprint density at radius 2 is 2.00 bits per heavy atom. The molecule has 0 spiro atoms. The van der Waals surface area contributed by atoms with E-state index in [1.54, 1.807) is 41.3 Å². The highest BCUT2D eigenvalue weighted by Gasteiger charge is 2.30. The van der Waals surface area contributed by atoms with Gasteiger partial charge in [-0.1, -0.05) is 35.9 Å². The standard InChI is InChI=1S/C19H17ClN2O2/c1-12(2)11-22-16-10-15(21)7-8-17(16)24-18(19(22)23)9-13-3-5-14(20)6-4-13/h3-10H,1,11,21H2,2H3/b18-9+. The minimum atomic E-state index is -0.231. The number of nitrogens with two attached hydrogens (primary N) is 1. The molecule has 1 aliphatic rings. The van der Waals surface area contributed by atoms with Crippen LogP contribution in [-0.2, 0) is 4.79 Å². The number of carbonyl (C=O) groups is 1. The summed E-state index contributed by atoms with van der Waals surface area (Å²) in [6.07, 6.45) is 1.70. The van der Waals surface area contributed by atoms with Crippen LogP contribution < -0.4 is 15.4 Å². The van der Waals surface area contributed by atoms with E-state index >= 15 is 0 Å². The number of ether oxygens (including phenoxy) is 1. The highest BCUT2D eigenvalue weighted by molar-refractivity contribution is 6.30. The molecule has 2 aromatic rings. The minimum absolute atomic E-state index is 0.231. The lowest BCUT2D eigenvalue weighted by molar-refractivity contribution is -0.117. The van der Waals surface area contributed by atoms with E-state index in [4.69, 9.17) is 22.1 Å². The number of carbonyl (C=O) groups excluding carboxylic acids is 1. The summed E-state index contributed by atoms with van der Waals surface area (Å²) in [6.45, 7) is 6.17. The van der Waals surface area contributed by atoms with Gasteiger partial charge in [0, 0.05) is 17.3 Å². The van der Waals surface area contributed by atoms with Gasteiger partial charge in [-0.2, -0.15) is 0 Å². The molecule has 0 atom stereocenters. The Balaban J connectivity index is 2.04. The van der Waals surface area contributed by atoms with Crippen LogP contribution in [0.15, 0.2) is 60.4 Å². The number of nitrogen functional groups attached to an aromatic ring is 1. The molecular weight excluding hydrogens is 324 g/mol. The van der Waals surface area contributed by atoms with Gasteiger partial charge in [-0.3, -0.25) is 9.69 Å². The Labute approximate surface area is 145 Å². The first-order chi connectivity index (χ1) is 11.4. The lowest BCUT2D eigenvalue weighted by Crippen LogP contribution is -2.38. The molecule has 0 bridgehead atoms. The number of fused-ring (bicyclic) bond motifs is 1. The summed E-state index contributed by atoms with van der Waals surface area (Å²) < 4.78 is 5.80. The number of rotatable bonds is 3. The Morgan fingerprint density at radius 3 is 2.67 bits per heavy atom. The maximum Gasteiger partial charge on any atom is 0.294 e. The van der Waals surface area contributed by atoms with Gasteiger partial charge >= 0.3 is 0 Å². The molecule has 122 valence electrons. The van der Waals surface area contributed by atoms with Gasteiger partial charge < -0.3 is 10.5 Å². The summed E-state index contributed by atoms with van der Waals surface area (Å²) in [5.41, 5.74) is 8.77. The van der Waals surface area contributed by atoms with Gasteiger partial charge in [0.25, 0.3) is 5.91 Å². The average Bonchev–Trinajstić information content (AvgIpc) is 2.54. The van der Waals surface area contributed by atoms with E-state index in [-0.39, 0.29) is 11.7 Å². The quantitative estimate of drug-likeness (QED) is 0.516. The van der Waals surface area contributed by atoms with E-state index in [9.17, 15) is 4.79 Å². The molecule has 1 aliphatic heterocycles. The summed E-state index contributed by atoms with van der Waals surface area (Å²) in [4.78, 5) is 14.5. The average molecular weight is 341 g/mol. The lowest BCUT2D eigenvalue weighted by Gasteiger charge is -2.31. The summed E-state index contributed by atoms with van der Waals surface area (Å²) in [6, 6.07) is 12.4. The summed E-state index contributed by atoms with van der Waals surface area (Å²) in [7, 11) is 0. The molecule has 0 saturated heterocycles. The predicted octanol–water partition coefficient (Wildman–Crippen LogP) is 4.26. The zero-order valence-electron chi connectivity index (χ0n) is 13.3. The van der Waals surface area contributed by atoms with E-state index in [0.29, 0.717) is 28.7 Å². The number of halogens is 1. The molecule has 3 rings (SSSR count). The number of amides is 1. The topological polar surface area (TPSA) is 55.6 Å². The molecule has 1 amide bonds. The molecular formula is C19H17ClN2O2. The fourth-order valence-corrected chi connectivity index (χ4v) is 2.59. The van der Waals surface area contributed by atoms with Crippen molar-refractivity contribution in [2.45, 2.75) is 6.92 Å². The first-order valence-electron chi connectivity index (χ1n) is 7.45. The number of nitrogens with zero attached hydrogens (tertiary/aromatic N) is 1. The Bertz CT molecular complexity index is 841. The molecule has 2 aromatic carbocycles. The lowest BCUT2D eigenvalue weighted by atomic mass is 10.1. The summed E-state index contributed by atoms with van der Waals surface area (Å²) in [5.74, 6) is 0.604. The number of hydrogen-bond donors (Lipinski definition) is 1. The van der Waals surface area contributed by atoms with Crippen LogP contribution in [-0.4, -0.2) is 12.5 Å². The van der Waals surface area contributed by atoms with E-state index in [2.05, 4.69) is 6.58 Å². The molecule has 4 nitrogen and oxygen atoms in total. The third-order valence-corrected chi connectivity index (χ3v) is 3.80. The highest BCUT2D eigenvalue weighted by atomic mass is 35.5. The molecule has 24 heavy (non-hydrogen) atoms. The van der Waals surface area contributed by atoms with E-state index in [0.717, 1.165) is 11.1 Å². The van der Waals surface area contributed by atoms with Crippen molar-refractivity contribution in [3.63, 3.8) is 0 Å². The molecule has 0 aromatic heterocycles.